The summed E-state index contributed by atoms with van der Waals surface area (Å²) >= 11 is 3.33. The van der Waals surface area contributed by atoms with Gasteiger partial charge in [0.05, 0.1) is 18.2 Å². The molecule has 1 aromatic carbocycles. The quantitative estimate of drug-likeness (QED) is 0.756. The van der Waals surface area contributed by atoms with Crippen molar-refractivity contribution in [1.82, 2.24) is 4.90 Å². The van der Waals surface area contributed by atoms with E-state index in [1.165, 1.54) is 0 Å². The Kier molecular flexibility index (Phi) is 6.40. The first-order chi connectivity index (χ1) is 8.72. The number of benzene rings is 1. The average Bonchev–Trinajstić information content (AvgIpc) is 2.43. The Morgan fingerprint density at radius 2 is 2.06 bits per heavy atom. The molecule has 0 radical (unpaired) electrons. The molecule has 0 aromatic heterocycles. The van der Waals surface area contributed by atoms with Gasteiger partial charge in [0.15, 0.2) is 0 Å². The molecule has 0 heterocycles. The van der Waals surface area contributed by atoms with E-state index in [0.29, 0.717) is 30.8 Å². The molecule has 0 saturated heterocycles. The Hall–Kier alpha value is -1.38. The summed E-state index contributed by atoms with van der Waals surface area (Å²) in [6, 6.07) is 8.68. The molecule has 0 unspecified atom stereocenters. The molecule has 0 aliphatic carbocycles. The molecule has 1 rings (SSSR count). The number of amides is 1. The summed E-state index contributed by atoms with van der Waals surface area (Å²) in [5.41, 5.74) is 1.14. The minimum atomic E-state index is -0.0454. The van der Waals surface area contributed by atoms with Crippen molar-refractivity contribution in [2.45, 2.75) is 0 Å². The second-order valence-corrected chi connectivity index (χ2v) is 4.46. The molecule has 1 aromatic rings. The van der Waals surface area contributed by atoms with Crippen LogP contribution in [0.2, 0.25) is 0 Å². The number of halogens is 1. The summed E-state index contributed by atoms with van der Waals surface area (Å²) in [5.74, 6) is -0.0454. The molecule has 0 aliphatic rings. The molecule has 96 valence electrons. The number of carbonyl (C=O) groups excluding carboxylic acids is 1. The molecule has 0 fully saturated rings. The lowest BCUT2D eigenvalue weighted by atomic mass is 10.1. The number of rotatable bonds is 6. The van der Waals surface area contributed by atoms with Gasteiger partial charge in [0, 0.05) is 31.1 Å². The highest BCUT2D eigenvalue weighted by molar-refractivity contribution is 9.09. The van der Waals surface area contributed by atoms with Gasteiger partial charge in [0.1, 0.15) is 0 Å². The van der Waals surface area contributed by atoms with Crippen LogP contribution < -0.4 is 0 Å². The average molecular weight is 311 g/mol. The maximum absolute atomic E-state index is 12.2. The number of nitriles is 1. The smallest absolute Gasteiger partial charge is 0.253 e. The summed E-state index contributed by atoms with van der Waals surface area (Å²) in [5, 5.41) is 9.43. The zero-order valence-electron chi connectivity index (χ0n) is 10.2. The van der Waals surface area contributed by atoms with Crippen LogP contribution >= 0.6 is 15.9 Å². The first-order valence-corrected chi connectivity index (χ1v) is 6.69. The van der Waals surface area contributed by atoms with Gasteiger partial charge in [-0.05, 0) is 24.3 Å². The molecule has 5 heteroatoms. The van der Waals surface area contributed by atoms with Gasteiger partial charge in [0.25, 0.3) is 5.91 Å². The molecular weight excluding hydrogens is 296 g/mol. The number of hydrogen-bond donors (Lipinski definition) is 0. The lowest BCUT2D eigenvalue weighted by Gasteiger charge is -2.21. The van der Waals surface area contributed by atoms with Gasteiger partial charge in [-0.25, -0.2) is 0 Å². The number of carbonyl (C=O) groups is 1. The number of hydrogen-bond acceptors (Lipinski definition) is 3. The van der Waals surface area contributed by atoms with Crippen LogP contribution in [0.25, 0.3) is 0 Å². The lowest BCUT2D eigenvalue weighted by Crippen LogP contribution is -2.35. The van der Waals surface area contributed by atoms with E-state index in [0.717, 1.165) is 5.33 Å². The van der Waals surface area contributed by atoms with Gasteiger partial charge in [-0.15, -0.1) is 0 Å². The maximum Gasteiger partial charge on any atom is 0.253 e. The van der Waals surface area contributed by atoms with Crippen LogP contribution in [0.5, 0.6) is 0 Å². The van der Waals surface area contributed by atoms with Crippen LogP contribution in [0.15, 0.2) is 24.3 Å². The predicted molar refractivity (Wildman–Crippen MR) is 72.7 cm³/mol. The monoisotopic (exact) mass is 310 g/mol. The van der Waals surface area contributed by atoms with E-state index >= 15 is 0 Å². The number of methoxy groups -OCH3 is 1. The van der Waals surface area contributed by atoms with Crippen molar-refractivity contribution in [3.63, 3.8) is 0 Å². The summed E-state index contributed by atoms with van der Waals surface area (Å²) in [4.78, 5) is 13.9. The van der Waals surface area contributed by atoms with Crippen LogP contribution in [-0.2, 0) is 4.74 Å². The van der Waals surface area contributed by atoms with E-state index in [4.69, 9.17) is 10.00 Å². The first kappa shape index (κ1) is 14.7. The Bertz CT molecular complexity index is 426. The third-order valence-electron chi connectivity index (χ3n) is 2.47. The summed E-state index contributed by atoms with van der Waals surface area (Å²) in [7, 11) is 1.61. The molecule has 1 amide bonds. The first-order valence-electron chi connectivity index (χ1n) is 5.57. The predicted octanol–water partition coefficient (Wildman–Crippen LogP) is 2.04. The molecule has 0 aliphatic heterocycles. The zero-order chi connectivity index (χ0) is 13.4. The fraction of sp³-hybridized carbons (Fsp3) is 0.385. The van der Waals surface area contributed by atoms with Gasteiger partial charge in [0.2, 0.25) is 0 Å². The maximum atomic E-state index is 12.2. The Labute approximate surface area is 115 Å². The molecule has 0 saturated carbocycles. The summed E-state index contributed by atoms with van der Waals surface area (Å²) < 4.78 is 4.99. The highest BCUT2D eigenvalue weighted by Gasteiger charge is 2.14. The molecular formula is C13H15BrN2O2. The number of ether oxygens (including phenoxy) is 1. The number of nitrogens with zero attached hydrogens (tertiary/aromatic N) is 2. The molecule has 0 spiro atoms. The van der Waals surface area contributed by atoms with Crippen LogP contribution in [-0.4, -0.2) is 42.9 Å². The van der Waals surface area contributed by atoms with Crippen molar-refractivity contribution in [1.29, 1.82) is 5.26 Å². The fourth-order valence-electron chi connectivity index (χ4n) is 1.49. The largest absolute Gasteiger partial charge is 0.383 e. The molecule has 0 atom stereocenters. The fourth-order valence-corrected chi connectivity index (χ4v) is 1.92. The second-order valence-electron chi connectivity index (χ2n) is 3.66. The molecule has 0 N–H and O–H groups in total. The van der Waals surface area contributed by atoms with Gasteiger partial charge >= 0.3 is 0 Å². The minimum Gasteiger partial charge on any atom is -0.383 e. The normalized spacial score (nSPS) is 9.83. The van der Waals surface area contributed by atoms with Crippen LogP contribution in [0, 0.1) is 11.3 Å². The summed E-state index contributed by atoms with van der Waals surface area (Å²) in [6.45, 7) is 1.69. The summed E-state index contributed by atoms with van der Waals surface area (Å²) in [6.07, 6.45) is 0. The van der Waals surface area contributed by atoms with Crippen LogP contribution in [0.4, 0.5) is 0 Å². The minimum absolute atomic E-state index is 0.0454. The van der Waals surface area contributed by atoms with Gasteiger partial charge < -0.3 is 9.64 Å². The van der Waals surface area contributed by atoms with E-state index in [1.807, 2.05) is 6.07 Å². The van der Waals surface area contributed by atoms with E-state index in [2.05, 4.69) is 15.9 Å². The van der Waals surface area contributed by atoms with Gasteiger partial charge in [-0.2, -0.15) is 5.26 Å². The molecule has 4 nitrogen and oxygen atoms in total. The molecule has 0 bridgehead atoms. The van der Waals surface area contributed by atoms with E-state index in [1.54, 1.807) is 36.3 Å². The SMILES string of the molecule is COCCN(CCBr)C(=O)c1ccc(C#N)cc1. The number of alkyl halides is 1. The highest BCUT2D eigenvalue weighted by atomic mass is 79.9. The zero-order valence-corrected chi connectivity index (χ0v) is 11.8. The van der Waals surface area contributed by atoms with Crippen molar-refractivity contribution in [3.05, 3.63) is 35.4 Å². The van der Waals surface area contributed by atoms with E-state index in [-0.39, 0.29) is 5.91 Å². The third kappa shape index (κ3) is 4.13. The topological polar surface area (TPSA) is 53.3 Å². The van der Waals surface area contributed by atoms with Crippen LogP contribution in [0.3, 0.4) is 0 Å². The third-order valence-corrected chi connectivity index (χ3v) is 2.82. The lowest BCUT2D eigenvalue weighted by molar-refractivity contribution is 0.0709. The molecule has 18 heavy (non-hydrogen) atoms. The van der Waals surface area contributed by atoms with Gasteiger partial charge in [-0.3, -0.25) is 4.79 Å². The Morgan fingerprint density at radius 3 is 2.56 bits per heavy atom. The van der Waals surface area contributed by atoms with Crippen molar-refractivity contribution >= 4 is 21.8 Å². The van der Waals surface area contributed by atoms with Crippen molar-refractivity contribution in [2.24, 2.45) is 0 Å². The Balaban J connectivity index is 2.77. The highest BCUT2D eigenvalue weighted by Crippen LogP contribution is 2.07. The van der Waals surface area contributed by atoms with Crippen molar-refractivity contribution in [2.75, 3.05) is 32.1 Å². The van der Waals surface area contributed by atoms with Gasteiger partial charge in [-0.1, -0.05) is 15.9 Å². The van der Waals surface area contributed by atoms with Crippen molar-refractivity contribution < 1.29 is 9.53 Å². The van der Waals surface area contributed by atoms with E-state index in [9.17, 15) is 4.79 Å². The standard InChI is InChI=1S/C13H15BrN2O2/c1-18-9-8-16(7-6-14)13(17)12-4-2-11(10-15)3-5-12/h2-5H,6-9H2,1H3. The van der Waals surface area contributed by atoms with E-state index < -0.39 is 0 Å². The van der Waals surface area contributed by atoms with Crippen LogP contribution in [0.1, 0.15) is 15.9 Å². The Morgan fingerprint density at radius 1 is 1.39 bits per heavy atom. The second kappa shape index (κ2) is 7.85. The van der Waals surface area contributed by atoms with Crippen molar-refractivity contribution in [3.8, 4) is 6.07 Å².